The van der Waals surface area contributed by atoms with E-state index in [0.717, 1.165) is 47.5 Å². The predicted molar refractivity (Wildman–Crippen MR) is 166 cm³/mol. The first-order valence-electron chi connectivity index (χ1n) is 14.0. The lowest BCUT2D eigenvalue weighted by atomic mass is 9.79. The van der Waals surface area contributed by atoms with Crippen molar-refractivity contribution in [2.24, 2.45) is 5.41 Å². The second-order valence-corrected chi connectivity index (χ2v) is 10.9. The molecule has 4 rings (SSSR count). The zero-order valence-electron chi connectivity index (χ0n) is 24.6. The van der Waals surface area contributed by atoms with Crippen molar-refractivity contribution < 1.29 is 41.0 Å². The number of halogens is 5. The highest BCUT2D eigenvalue weighted by atomic mass is 19.4. The molecule has 0 aliphatic carbocycles. The van der Waals surface area contributed by atoms with Gasteiger partial charge in [0.15, 0.2) is 6.61 Å². The third-order valence-electron chi connectivity index (χ3n) is 6.77. The normalized spacial score (nSPS) is 12.2. The summed E-state index contributed by atoms with van der Waals surface area (Å²) in [4.78, 5) is 12.6. The van der Waals surface area contributed by atoms with Gasteiger partial charge >= 0.3 is 18.3 Å². The monoisotopic (exact) mass is 639 g/mol. The number of carbonyl (C=O) groups excluding carboxylic acids is 1. The molecule has 4 N–H and O–H groups in total. The van der Waals surface area contributed by atoms with Crippen LogP contribution in [0.4, 0.5) is 33.3 Å². The van der Waals surface area contributed by atoms with Crippen LogP contribution >= 0.6 is 0 Å². The number of anilines is 2. The molecular formula is C35H32F5N2O4. The van der Waals surface area contributed by atoms with Crippen molar-refractivity contribution in [2.75, 3.05) is 24.7 Å². The van der Waals surface area contributed by atoms with E-state index < -0.39 is 35.8 Å². The van der Waals surface area contributed by atoms with Crippen molar-refractivity contribution in [1.82, 2.24) is 0 Å². The minimum absolute atomic E-state index is 0.00284. The molecule has 0 bridgehead atoms. The summed E-state index contributed by atoms with van der Waals surface area (Å²) < 4.78 is 81.3. The number of hydrogen-bond donors (Lipinski definition) is 2. The smallest absolute Gasteiger partial charge is 0.426 e. The summed E-state index contributed by atoms with van der Waals surface area (Å²) in [5.41, 5.74) is 14.1. The highest BCUT2D eigenvalue weighted by molar-refractivity contribution is 5.87. The standard InChI is InChI=1S/C35H32F5N2O4/c1-33(20-25-4-11-28(41)12-5-25,21-26-6-13-29(42)14-7-26)22-45-32(43)19-8-24-2-9-27(10-3-24)35(39,40)46-31-17-15-30(16-18-31)44-23-34(36,37)38/h2-19H,1,20-23,41-42H2/b19-8+. The summed E-state index contributed by atoms with van der Waals surface area (Å²) in [6.07, 6.45) is -4.65. The number of nitrogens with two attached hydrogens (primary N) is 2. The first-order chi connectivity index (χ1) is 21.7. The van der Waals surface area contributed by atoms with E-state index in [1.54, 1.807) is 24.3 Å². The molecule has 46 heavy (non-hydrogen) atoms. The molecular weight excluding hydrogens is 607 g/mol. The van der Waals surface area contributed by atoms with Crippen molar-refractivity contribution in [1.29, 1.82) is 0 Å². The van der Waals surface area contributed by atoms with Gasteiger partial charge in [-0.3, -0.25) is 0 Å². The van der Waals surface area contributed by atoms with Crippen LogP contribution in [0.2, 0.25) is 0 Å². The van der Waals surface area contributed by atoms with E-state index in [-0.39, 0.29) is 18.1 Å². The van der Waals surface area contributed by atoms with Crippen molar-refractivity contribution in [3.05, 3.63) is 132 Å². The second-order valence-electron chi connectivity index (χ2n) is 10.9. The van der Waals surface area contributed by atoms with Crippen LogP contribution in [0, 0.1) is 12.3 Å². The van der Waals surface area contributed by atoms with E-state index >= 15 is 0 Å². The van der Waals surface area contributed by atoms with E-state index in [2.05, 4.69) is 11.7 Å². The maximum atomic E-state index is 14.7. The summed E-state index contributed by atoms with van der Waals surface area (Å²) in [6, 6.07) is 24.1. The minimum atomic E-state index is -4.53. The van der Waals surface area contributed by atoms with Crippen molar-refractivity contribution >= 4 is 23.4 Å². The molecule has 0 spiro atoms. The molecule has 241 valence electrons. The number of carbonyl (C=O) groups is 1. The van der Waals surface area contributed by atoms with Crippen LogP contribution in [0.15, 0.2) is 103 Å². The molecule has 0 aromatic heterocycles. The fraction of sp³-hybridized carbons (Fsp3) is 0.200. The number of alkyl halides is 5. The Morgan fingerprint density at radius 1 is 0.696 bits per heavy atom. The lowest BCUT2D eigenvalue weighted by Crippen LogP contribution is -2.30. The summed E-state index contributed by atoms with van der Waals surface area (Å²) in [5.74, 6) is -1.06. The number of hydrogen-bond acceptors (Lipinski definition) is 6. The van der Waals surface area contributed by atoms with E-state index in [0.29, 0.717) is 29.8 Å². The highest BCUT2D eigenvalue weighted by Gasteiger charge is 2.34. The topological polar surface area (TPSA) is 96.8 Å². The van der Waals surface area contributed by atoms with E-state index in [9.17, 15) is 26.7 Å². The largest absolute Gasteiger partial charge is 0.484 e. The fourth-order valence-corrected chi connectivity index (χ4v) is 4.50. The second kappa shape index (κ2) is 14.4. The number of esters is 1. The third kappa shape index (κ3) is 10.5. The predicted octanol–water partition coefficient (Wildman–Crippen LogP) is 7.78. The van der Waals surface area contributed by atoms with Gasteiger partial charge in [0.25, 0.3) is 0 Å². The molecule has 6 nitrogen and oxygen atoms in total. The average molecular weight is 640 g/mol. The molecule has 1 radical (unpaired) electrons. The zero-order valence-corrected chi connectivity index (χ0v) is 24.6. The van der Waals surface area contributed by atoms with Gasteiger partial charge in [0.1, 0.15) is 11.5 Å². The van der Waals surface area contributed by atoms with Crippen LogP contribution < -0.4 is 20.9 Å². The maximum Gasteiger partial charge on any atom is 0.426 e. The van der Waals surface area contributed by atoms with Gasteiger partial charge in [0.05, 0.1) is 12.2 Å². The molecule has 0 amide bonds. The van der Waals surface area contributed by atoms with E-state index in [4.69, 9.17) is 20.9 Å². The van der Waals surface area contributed by atoms with Gasteiger partial charge in [-0.2, -0.15) is 22.0 Å². The molecule has 11 heteroatoms. The number of benzene rings is 4. The summed E-state index contributed by atoms with van der Waals surface area (Å²) in [7, 11) is 0. The number of rotatable bonds is 13. The van der Waals surface area contributed by atoms with Crippen LogP contribution in [-0.2, 0) is 28.5 Å². The Morgan fingerprint density at radius 2 is 1.20 bits per heavy atom. The Kier molecular flexibility index (Phi) is 10.6. The maximum absolute atomic E-state index is 14.7. The molecule has 0 saturated heterocycles. The molecule has 0 unspecified atom stereocenters. The number of nitrogen functional groups attached to an aromatic ring is 2. The molecule has 4 aromatic carbocycles. The molecule has 0 atom stereocenters. The van der Waals surface area contributed by atoms with Gasteiger partial charge in [0.2, 0.25) is 0 Å². The average Bonchev–Trinajstić information content (AvgIpc) is 3.01. The van der Waals surface area contributed by atoms with Crippen molar-refractivity contribution in [3.63, 3.8) is 0 Å². The Bertz CT molecular complexity index is 1560. The van der Waals surface area contributed by atoms with Gasteiger partial charge < -0.3 is 25.7 Å². The summed E-state index contributed by atoms with van der Waals surface area (Å²) >= 11 is 0. The summed E-state index contributed by atoms with van der Waals surface area (Å²) in [6.45, 7) is 2.88. The Morgan fingerprint density at radius 3 is 1.70 bits per heavy atom. The highest BCUT2D eigenvalue weighted by Crippen LogP contribution is 2.33. The first kappa shape index (κ1) is 33.8. The summed E-state index contributed by atoms with van der Waals surface area (Å²) in [5, 5.41) is 0. The van der Waals surface area contributed by atoms with Gasteiger partial charge in [-0.05, 0) is 103 Å². The van der Waals surface area contributed by atoms with Crippen LogP contribution in [-0.4, -0.2) is 25.4 Å². The molecule has 0 aliphatic rings. The van der Waals surface area contributed by atoms with Crippen LogP contribution in [0.1, 0.15) is 22.3 Å². The Labute approximate surface area is 263 Å². The number of ether oxygens (including phenoxy) is 3. The van der Waals surface area contributed by atoms with Crippen molar-refractivity contribution in [2.45, 2.75) is 25.1 Å². The quantitative estimate of drug-likeness (QED) is 0.0671. The van der Waals surface area contributed by atoms with E-state index in [1.165, 1.54) is 24.3 Å². The van der Waals surface area contributed by atoms with Crippen LogP contribution in [0.3, 0.4) is 0 Å². The fourth-order valence-electron chi connectivity index (χ4n) is 4.50. The van der Waals surface area contributed by atoms with Gasteiger partial charge in [-0.25, -0.2) is 4.79 Å². The Hall–Kier alpha value is -5.06. The van der Waals surface area contributed by atoms with Crippen molar-refractivity contribution in [3.8, 4) is 11.5 Å². The van der Waals surface area contributed by atoms with Gasteiger partial charge in [0, 0.05) is 22.9 Å². The van der Waals surface area contributed by atoms with Crippen LogP contribution in [0.25, 0.3) is 6.08 Å². The lowest BCUT2D eigenvalue weighted by molar-refractivity contribution is -0.185. The molecule has 0 heterocycles. The Balaban J connectivity index is 1.35. The zero-order chi connectivity index (χ0) is 33.4. The van der Waals surface area contributed by atoms with Gasteiger partial charge in [-0.15, -0.1) is 0 Å². The SMILES string of the molecule is [CH2]C(COC(=O)/C=C/c1ccc(C(F)(F)Oc2ccc(OCC(F)(F)F)cc2)cc1)(Cc1ccc(N)cc1)Cc1ccc(N)cc1. The minimum Gasteiger partial charge on any atom is -0.484 e. The first-order valence-corrected chi connectivity index (χ1v) is 14.0. The molecule has 4 aromatic rings. The van der Waals surface area contributed by atoms with Crippen LogP contribution in [0.5, 0.6) is 11.5 Å². The van der Waals surface area contributed by atoms with E-state index in [1.807, 2.05) is 24.3 Å². The molecule has 0 aliphatic heterocycles. The third-order valence-corrected chi connectivity index (χ3v) is 6.77. The lowest BCUT2D eigenvalue weighted by Gasteiger charge is -2.29. The molecule has 0 saturated carbocycles. The van der Waals surface area contributed by atoms with Gasteiger partial charge in [-0.1, -0.05) is 36.4 Å². The molecule has 0 fully saturated rings.